The van der Waals surface area contributed by atoms with Crippen molar-refractivity contribution in [2.24, 2.45) is 0 Å². The van der Waals surface area contributed by atoms with E-state index in [-0.39, 0.29) is 17.7 Å². The zero-order chi connectivity index (χ0) is 16.8. The summed E-state index contributed by atoms with van der Waals surface area (Å²) in [6.07, 6.45) is 0.861. The standard InChI is InChI=1S/C18H23NO3S/c1-4-14(3)19-18(20)17-10-9-16(22-17)12-23(21)11-15-7-5-13(2)6-8-15/h5-10,14H,4,11-12H2,1-3H3,(H,19,20)/t14-,23+/m0/s1. The third kappa shape index (κ3) is 5.36. The van der Waals surface area contributed by atoms with Crippen molar-refractivity contribution in [2.75, 3.05) is 0 Å². The van der Waals surface area contributed by atoms with Crippen molar-refractivity contribution in [2.45, 2.75) is 44.7 Å². The molecule has 4 nitrogen and oxygen atoms in total. The van der Waals surface area contributed by atoms with Gasteiger partial charge in [-0.1, -0.05) is 36.8 Å². The minimum atomic E-state index is -1.07. The summed E-state index contributed by atoms with van der Waals surface area (Å²) in [5.41, 5.74) is 2.22. The van der Waals surface area contributed by atoms with E-state index in [1.807, 2.05) is 45.0 Å². The number of carbonyl (C=O) groups excluding carboxylic acids is 1. The topological polar surface area (TPSA) is 59.3 Å². The Balaban J connectivity index is 1.92. The van der Waals surface area contributed by atoms with Gasteiger partial charge in [-0.2, -0.15) is 0 Å². The van der Waals surface area contributed by atoms with Crippen LogP contribution in [0.2, 0.25) is 0 Å². The molecule has 124 valence electrons. The Morgan fingerprint density at radius 2 is 1.87 bits per heavy atom. The molecule has 0 spiro atoms. The van der Waals surface area contributed by atoms with Gasteiger partial charge in [-0.25, -0.2) is 0 Å². The Hall–Kier alpha value is -1.88. The van der Waals surface area contributed by atoms with Crippen molar-refractivity contribution in [3.8, 4) is 0 Å². The van der Waals surface area contributed by atoms with Gasteiger partial charge in [0.15, 0.2) is 5.76 Å². The van der Waals surface area contributed by atoms with Crippen LogP contribution in [0.5, 0.6) is 0 Å². The minimum Gasteiger partial charge on any atom is -0.455 e. The van der Waals surface area contributed by atoms with Crippen molar-refractivity contribution in [1.29, 1.82) is 0 Å². The Kier molecular flexibility index (Phi) is 6.16. The summed E-state index contributed by atoms with van der Waals surface area (Å²) in [5, 5.41) is 2.85. The smallest absolute Gasteiger partial charge is 0.287 e. The first-order valence-corrected chi connectivity index (χ1v) is 9.26. The minimum absolute atomic E-state index is 0.103. The Labute approximate surface area is 139 Å². The number of hydrogen-bond acceptors (Lipinski definition) is 3. The van der Waals surface area contributed by atoms with Crippen LogP contribution < -0.4 is 5.32 Å². The van der Waals surface area contributed by atoms with Gasteiger partial charge < -0.3 is 9.73 Å². The summed E-state index contributed by atoms with van der Waals surface area (Å²) in [6, 6.07) is 11.5. The number of rotatable bonds is 7. The van der Waals surface area contributed by atoms with Crippen molar-refractivity contribution in [1.82, 2.24) is 5.32 Å². The molecule has 5 heteroatoms. The van der Waals surface area contributed by atoms with E-state index in [1.54, 1.807) is 12.1 Å². The monoisotopic (exact) mass is 333 g/mol. The lowest BCUT2D eigenvalue weighted by atomic mass is 10.2. The number of amides is 1. The van der Waals surface area contributed by atoms with Crippen LogP contribution in [0.3, 0.4) is 0 Å². The molecule has 2 rings (SSSR count). The third-order valence-corrected chi connectivity index (χ3v) is 4.89. The number of furan rings is 1. The second-order valence-corrected chi connectivity index (χ2v) is 7.22. The molecule has 1 amide bonds. The van der Waals surface area contributed by atoms with Gasteiger partial charge >= 0.3 is 0 Å². The van der Waals surface area contributed by atoms with Crippen molar-refractivity contribution < 1.29 is 13.4 Å². The highest BCUT2D eigenvalue weighted by molar-refractivity contribution is 7.83. The highest BCUT2D eigenvalue weighted by atomic mass is 32.2. The van der Waals surface area contributed by atoms with E-state index in [0.29, 0.717) is 17.3 Å². The van der Waals surface area contributed by atoms with E-state index >= 15 is 0 Å². The second-order valence-electron chi connectivity index (χ2n) is 5.76. The number of carbonyl (C=O) groups is 1. The summed E-state index contributed by atoms with van der Waals surface area (Å²) < 4.78 is 17.7. The predicted molar refractivity (Wildman–Crippen MR) is 92.7 cm³/mol. The Morgan fingerprint density at radius 3 is 2.52 bits per heavy atom. The molecule has 0 fully saturated rings. The largest absolute Gasteiger partial charge is 0.455 e. The molecular formula is C18H23NO3S. The average molecular weight is 333 g/mol. The zero-order valence-corrected chi connectivity index (χ0v) is 14.6. The van der Waals surface area contributed by atoms with Gasteiger partial charge in [-0.15, -0.1) is 0 Å². The molecule has 0 aliphatic rings. The van der Waals surface area contributed by atoms with Crippen LogP contribution in [0.15, 0.2) is 40.8 Å². The first-order valence-electron chi connectivity index (χ1n) is 7.78. The molecule has 2 atom stereocenters. The molecule has 1 aromatic carbocycles. The quantitative estimate of drug-likeness (QED) is 0.843. The van der Waals surface area contributed by atoms with Crippen molar-refractivity contribution in [3.05, 3.63) is 59.0 Å². The van der Waals surface area contributed by atoms with Gasteiger partial charge in [0.05, 0.1) is 5.75 Å². The van der Waals surface area contributed by atoms with Crippen molar-refractivity contribution in [3.63, 3.8) is 0 Å². The fraction of sp³-hybridized carbons (Fsp3) is 0.389. The van der Waals surface area contributed by atoms with Gasteiger partial charge in [-0.3, -0.25) is 9.00 Å². The van der Waals surface area contributed by atoms with Crippen LogP contribution in [0.1, 0.15) is 47.7 Å². The summed E-state index contributed by atoms with van der Waals surface area (Å²) in [6.45, 7) is 5.97. The first kappa shape index (κ1) is 17.5. The molecule has 0 aliphatic carbocycles. The lowest BCUT2D eigenvalue weighted by molar-refractivity contribution is 0.0910. The van der Waals surface area contributed by atoms with E-state index in [9.17, 15) is 9.00 Å². The molecule has 0 saturated heterocycles. The van der Waals surface area contributed by atoms with Gasteiger partial charge in [0.25, 0.3) is 5.91 Å². The first-order chi connectivity index (χ1) is 11.0. The van der Waals surface area contributed by atoms with E-state index in [0.717, 1.165) is 12.0 Å². The van der Waals surface area contributed by atoms with Crippen LogP contribution in [-0.2, 0) is 22.3 Å². The molecule has 1 aromatic heterocycles. The summed E-state index contributed by atoms with van der Waals surface area (Å²) >= 11 is 0. The highest BCUT2D eigenvalue weighted by Gasteiger charge is 2.14. The zero-order valence-electron chi connectivity index (χ0n) is 13.8. The summed E-state index contributed by atoms with van der Waals surface area (Å²) in [4.78, 5) is 12.0. The number of nitrogens with one attached hydrogen (secondary N) is 1. The summed E-state index contributed by atoms with van der Waals surface area (Å²) in [5.74, 6) is 1.41. The van der Waals surface area contributed by atoms with E-state index in [4.69, 9.17) is 4.42 Å². The molecule has 2 aromatic rings. The van der Waals surface area contributed by atoms with Crippen molar-refractivity contribution >= 4 is 16.7 Å². The maximum Gasteiger partial charge on any atom is 0.287 e. The van der Waals surface area contributed by atoms with Gasteiger partial charge in [0.1, 0.15) is 5.76 Å². The van der Waals surface area contributed by atoms with Crippen LogP contribution in [-0.4, -0.2) is 16.2 Å². The molecule has 23 heavy (non-hydrogen) atoms. The van der Waals surface area contributed by atoms with Crippen LogP contribution in [0, 0.1) is 6.92 Å². The average Bonchev–Trinajstić information content (AvgIpc) is 2.98. The van der Waals surface area contributed by atoms with E-state index < -0.39 is 10.8 Å². The maximum absolute atomic E-state index is 12.2. The highest BCUT2D eigenvalue weighted by Crippen LogP contribution is 2.13. The lowest BCUT2D eigenvalue weighted by Gasteiger charge is -2.09. The van der Waals surface area contributed by atoms with E-state index in [2.05, 4.69) is 5.32 Å². The summed E-state index contributed by atoms with van der Waals surface area (Å²) in [7, 11) is -1.07. The van der Waals surface area contributed by atoms with Gasteiger partial charge in [0.2, 0.25) is 0 Å². The molecule has 0 aliphatic heterocycles. The number of hydrogen-bond donors (Lipinski definition) is 1. The fourth-order valence-corrected chi connectivity index (χ4v) is 3.19. The molecule has 0 bridgehead atoms. The molecule has 0 unspecified atom stereocenters. The lowest BCUT2D eigenvalue weighted by Crippen LogP contribution is -2.31. The number of benzene rings is 1. The van der Waals surface area contributed by atoms with Gasteiger partial charge in [0, 0.05) is 22.6 Å². The van der Waals surface area contributed by atoms with Gasteiger partial charge in [-0.05, 0) is 38.0 Å². The van der Waals surface area contributed by atoms with Crippen LogP contribution in [0.25, 0.3) is 0 Å². The molecule has 0 radical (unpaired) electrons. The second kappa shape index (κ2) is 8.11. The predicted octanol–water partition coefficient (Wildman–Crippen LogP) is 3.57. The normalized spacial score (nSPS) is 13.5. The molecular weight excluding hydrogens is 310 g/mol. The van der Waals surface area contributed by atoms with Crippen LogP contribution in [0.4, 0.5) is 0 Å². The van der Waals surface area contributed by atoms with E-state index in [1.165, 1.54) is 5.56 Å². The van der Waals surface area contributed by atoms with Crippen LogP contribution >= 0.6 is 0 Å². The maximum atomic E-state index is 12.2. The Morgan fingerprint density at radius 1 is 1.17 bits per heavy atom. The Bertz CT molecular complexity index is 676. The number of aryl methyl sites for hydroxylation is 1. The molecule has 1 heterocycles. The molecule has 0 saturated carbocycles. The fourth-order valence-electron chi connectivity index (χ4n) is 2.05. The SMILES string of the molecule is CC[C@H](C)NC(=O)c1ccc(C[S@](=O)Cc2ccc(C)cc2)o1. The third-order valence-electron chi connectivity index (χ3n) is 3.63. The molecule has 1 N–H and O–H groups in total.